The van der Waals surface area contributed by atoms with Gasteiger partial charge in [0.2, 0.25) is 11.8 Å². The maximum Gasteiger partial charge on any atom is 0.412 e. The number of anilines is 1. The molecule has 1 saturated heterocycles. The predicted molar refractivity (Wildman–Crippen MR) is 165 cm³/mol. The van der Waals surface area contributed by atoms with Crippen molar-refractivity contribution in [3.63, 3.8) is 0 Å². The number of nitriles is 1. The first kappa shape index (κ1) is 31.0. The van der Waals surface area contributed by atoms with E-state index in [9.17, 15) is 22.8 Å². The lowest BCUT2D eigenvalue weighted by Crippen LogP contribution is -2.53. The van der Waals surface area contributed by atoms with Gasteiger partial charge in [-0.05, 0) is 52.6 Å². The summed E-state index contributed by atoms with van der Waals surface area (Å²) in [6.45, 7) is 1.71. The molecule has 2 N–H and O–H groups in total. The summed E-state index contributed by atoms with van der Waals surface area (Å²) in [5, 5.41) is 14.6. The fraction of sp³-hybridized carbons (Fsp3) is 0.200. The number of nitrogens with zero attached hydrogens (tertiary/aromatic N) is 3. The SMILES string of the molecule is CC(=O)NN([C@H]1CCN(Cc2csc(C#N)c2)C1=O)S(=O)(=O)c1ccc2c(Cl)c(NC(=O)OCc3ccccc3)ccc2c1. The first-order chi connectivity index (χ1) is 21.1. The van der Waals surface area contributed by atoms with Gasteiger partial charge in [0.05, 0.1) is 15.6 Å². The Bertz CT molecular complexity index is 1890. The summed E-state index contributed by atoms with van der Waals surface area (Å²) in [6.07, 6.45) is -0.553. The molecule has 0 unspecified atom stereocenters. The van der Waals surface area contributed by atoms with E-state index in [2.05, 4.69) is 16.8 Å². The largest absolute Gasteiger partial charge is 0.444 e. The zero-order valence-electron chi connectivity index (χ0n) is 23.3. The van der Waals surface area contributed by atoms with Gasteiger partial charge in [-0.25, -0.2) is 13.2 Å². The number of halogens is 1. The third-order valence-corrected chi connectivity index (χ3v) is 9.89. The molecule has 5 rings (SSSR count). The molecule has 0 aliphatic carbocycles. The summed E-state index contributed by atoms with van der Waals surface area (Å²) < 4.78 is 33.6. The highest BCUT2D eigenvalue weighted by Gasteiger charge is 2.43. The molecular formula is C30H26ClN5O6S2. The topological polar surface area (TPSA) is 149 Å². The third-order valence-electron chi connectivity index (χ3n) is 6.89. The van der Waals surface area contributed by atoms with E-state index in [1.807, 2.05) is 30.3 Å². The number of hydrogen-bond donors (Lipinski definition) is 2. The van der Waals surface area contributed by atoms with Gasteiger partial charge in [-0.1, -0.05) is 58.5 Å². The molecule has 14 heteroatoms. The van der Waals surface area contributed by atoms with E-state index in [0.29, 0.717) is 20.1 Å². The van der Waals surface area contributed by atoms with Crippen molar-refractivity contribution in [3.05, 3.63) is 93.1 Å². The van der Waals surface area contributed by atoms with Crippen LogP contribution in [-0.2, 0) is 37.5 Å². The lowest BCUT2D eigenvalue weighted by molar-refractivity contribution is -0.133. The fourth-order valence-electron chi connectivity index (χ4n) is 4.80. The van der Waals surface area contributed by atoms with Crippen LogP contribution in [0.1, 0.15) is 29.3 Å². The molecule has 2 heterocycles. The van der Waals surface area contributed by atoms with Crippen LogP contribution in [-0.4, -0.2) is 48.2 Å². The van der Waals surface area contributed by atoms with Crippen LogP contribution in [0.5, 0.6) is 0 Å². The Morgan fingerprint density at radius 1 is 1.14 bits per heavy atom. The maximum atomic E-state index is 13.8. The second-order valence-electron chi connectivity index (χ2n) is 9.96. The number of benzene rings is 3. The van der Waals surface area contributed by atoms with Crippen molar-refractivity contribution in [1.82, 2.24) is 14.7 Å². The number of ether oxygens (including phenoxy) is 1. The normalized spacial score (nSPS) is 14.9. The van der Waals surface area contributed by atoms with Crippen LogP contribution in [0, 0.1) is 11.3 Å². The number of rotatable bonds is 9. The molecule has 0 bridgehead atoms. The number of fused-ring (bicyclic) bond motifs is 1. The lowest BCUT2D eigenvalue weighted by Gasteiger charge is -2.27. The number of carbonyl (C=O) groups is 3. The summed E-state index contributed by atoms with van der Waals surface area (Å²) in [7, 11) is -4.40. The van der Waals surface area contributed by atoms with Gasteiger partial charge in [-0.15, -0.1) is 11.3 Å². The quantitative estimate of drug-likeness (QED) is 0.241. The summed E-state index contributed by atoms with van der Waals surface area (Å²) in [5.41, 5.74) is 4.19. The molecule has 3 aromatic carbocycles. The predicted octanol–water partition coefficient (Wildman–Crippen LogP) is 5.02. The zero-order valence-corrected chi connectivity index (χ0v) is 25.7. The average molecular weight is 652 g/mol. The molecule has 0 spiro atoms. The molecule has 11 nitrogen and oxygen atoms in total. The number of hydrazine groups is 1. The number of sulfonamides is 1. The molecule has 1 aliphatic rings. The molecule has 0 radical (unpaired) electrons. The number of hydrogen-bond acceptors (Lipinski definition) is 8. The standard InChI is InChI=1S/C30H26ClN5O6S2/c1-19(37)34-36(27-11-12-35(29(27)38)16-21-13-23(15-32)43-18-21)44(40,41)24-8-9-25-22(14-24)7-10-26(28(25)31)33-30(39)42-17-20-5-3-2-4-6-20/h2-10,13-14,18,27H,11-12,16-17H2,1H3,(H,33,39)(H,34,37)/t27-/m0/s1. The molecule has 1 fully saturated rings. The van der Waals surface area contributed by atoms with Crippen LogP contribution in [0.3, 0.4) is 0 Å². The smallest absolute Gasteiger partial charge is 0.412 e. The van der Waals surface area contributed by atoms with E-state index >= 15 is 0 Å². The molecule has 1 atom stereocenters. The Morgan fingerprint density at radius 3 is 2.61 bits per heavy atom. The maximum absolute atomic E-state index is 13.8. The summed E-state index contributed by atoms with van der Waals surface area (Å²) >= 11 is 7.82. The first-order valence-electron chi connectivity index (χ1n) is 13.3. The van der Waals surface area contributed by atoms with E-state index in [0.717, 1.165) is 18.1 Å². The first-order valence-corrected chi connectivity index (χ1v) is 16.0. The molecule has 0 saturated carbocycles. The number of thiophene rings is 1. The van der Waals surface area contributed by atoms with Gasteiger partial charge in [0.1, 0.15) is 23.6 Å². The second kappa shape index (κ2) is 13.0. The molecule has 3 amide bonds. The van der Waals surface area contributed by atoms with Gasteiger partial charge in [0.15, 0.2) is 0 Å². The number of amides is 3. The Labute approximate surface area is 262 Å². The Hall–Kier alpha value is -4.48. The van der Waals surface area contributed by atoms with Crippen molar-refractivity contribution in [2.24, 2.45) is 0 Å². The second-order valence-corrected chi connectivity index (χ2v) is 13.1. The molecular weight excluding hydrogens is 626 g/mol. The highest BCUT2D eigenvalue weighted by Crippen LogP contribution is 2.34. The minimum Gasteiger partial charge on any atom is -0.444 e. The molecule has 1 aromatic heterocycles. The summed E-state index contributed by atoms with van der Waals surface area (Å²) in [6, 6.07) is 19.1. The van der Waals surface area contributed by atoms with Gasteiger partial charge in [-0.2, -0.15) is 5.26 Å². The van der Waals surface area contributed by atoms with Gasteiger partial charge in [0, 0.05) is 25.4 Å². The van der Waals surface area contributed by atoms with Crippen molar-refractivity contribution < 1.29 is 27.5 Å². The van der Waals surface area contributed by atoms with Gasteiger partial charge >= 0.3 is 6.09 Å². The van der Waals surface area contributed by atoms with Crippen LogP contribution in [0.25, 0.3) is 10.8 Å². The van der Waals surface area contributed by atoms with Crippen molar-refractivity contribution in [3.8, 4) is 6.07 Å². The van der Waals surface area contributed by atoms with E-state index in [4.69, 9.17) is 21.6 Å². The van der Waals surface area contributed by atoms with Crippen molar-refractivity contribution in [1.29, 1.82) is 5.26 Å². The minimum atomic E-state index is -4.40. The van der Waals surface area contributed by atoms with Crippen molar-refractivity contribution >= 4 is 67.3 Å². The van der Waals surface area contributed by atoms with Gasteiger partial charge < -0.3 is 9.64 Å². The van der Waals surface area contributed by atoms with Crippen molar-refractivity contribution in [2.75, 3.05) is 11.9 Å². The van der Waals surface area contributed by atoms with Crippen molar-refractivity contribution in [2.45, 2.75) is 37.4 Å². The molecule has 44 heavy (non-hydrogen) atoms. The van der Waals surface area contributed by atoms with E-state index in [-0.39, 0.29) is 41.7 Å². The van der Waals surface area contributed by atoms with Crippen LogP contribution in [0.4, 0.5) is 10.5 Å². The fourth-order valence-corrected chi connectivity index (χ4v) is 7.30. The average Bonchev–Trinajstić information content (AvgIpc) is 3.62. The Kier molecular flexibility index (Phi) is 9.17. The van der Waals surface area contributed by atoms with E-state index in [1.54, 1.807) is 17.5 Å². The minimum absolute atomic E-state index is 0.0707. The van der Waals surface area contributed by atoms with Crippen LogP contribution in [0.15, 0.2) is 77.0 Å². The lowest BCUT2D eigenvalue weighted by atomic mass is 10.1. The Morgan fingerprint density at radius 2 is 1.91 bits per heavy atom. The number of carbonyl (C=O) groups excluding carboxylic acids is 3. The van der Waals surface area contributed by atoms with E-state index in [1.165, 1.54) is 40.5 Å². The van der Waals surface area contributed by atoms with Gasteiger partial charge in [-0.3, -0.25) is 20.3 Å². The van der Waals surface area contributed by atoms with Crippen LogP contribution >= 0.6 is 22.9 Å². The van der Waals surface area contributed by atoms with E-state index < -0.39 is 34.0 Å². The van der Waals surface area contributed by atoms with Gasteiger partial charge in [0.25, 0.3) is 10.0 Å². The summed E-state index contributed by atoms with van der Waals surface area (Å²) in [5.74, 6) is -1.12. The van der Waals surface area contributed by atoms with Crippen LogP contribution in [0.2, 0.25) is 5.02 Å². The Balaban J connectivity index is 1.35. The molecule has 226 valence electrons. The highest BCUT2D eigenvalue weighted by atomic mass is 35.5. The number of likely N-dealkylation sites (tertiary alicyclic amines) is 1. The zero-order chi connectivity index (χ0) is 31.4. The number of nitrogens with one attached hydrogen (secondary N) is 2. The molecule has 4 aromatic rings. The third kappa shape index (κ3) is 6.68. The summed E-state index contributed by atoms with van der Waals surface area (Å²) in [4.78, 5) is 39.6. The highest BCUT2D eigenvalue weighted by molar-refractivity contribution is 7.89. The monoisotopic (exact) mass is 651 g/mol. The molecule has 1 aliphatic heterocycles. The van der Waals surface area contributed by atoms with Crippen LogP contribution < -0.4 is 10.7 Å².